The molecule has 0 amide bonds. The molecular weight excluding hydrogens is 134 g/mol. The van der Waals surface area contributed by atoms with Crippen molar-refractivity contribution >= 4 is 5.97 Å². The molecule has 0 aromatic carbocycles. The molecule has 0 saturated carbocycles. The standard InChI is InChI=1S/C5H7N3O2/c6-8-2-4(7-3-8)1-5(9)10/h2-3H,1,6H2,(H,9,10). The maximum absolute atomic E-state index is 10.1. The van der Waals surface area contributed by atoms with Crippen LogP contribution in [0.5, 0.6) is 0 Å². The molecule has 0 aliphatic heterocycles. The lowest BCUT2D eigenvalue weighted by Crippen LogP contribution is -2.04. The van der Waals surface area contributed by atoms with Gasteiger partial charge in [0, 0.05) is 6.20 Å². The van der Waals surface area contributed by atoms with E-state index in [0.29, 0.717) is 5.69 Å². The summed E-state index contributed by atoms with van der Waals surface area (Å²) in [6.45, 7) is 0. The van der Waals surface area contributed by atoms with Crippen LogP contribution in [-0.4, -0.2) is 20.7 Å². The number of hydrogen-bond acceptors (Lipinski definition) is 3. The van der Waals surface area contributed by atoms with Crippen molar-refractivity contribution in [2.75, 3.05) is 5.84 Å². The van der Waals surface area contributed by atoms with Crippen LogP contribution in [0.4, 0.5) is 0 Å². The van der Waals surface area contributed by atoms with Crippen LogP contribution < -0.4 is 5.84 Å². The first-order chi connectivity index (χ1) is 4.68. The first kappa shape index (κ1) is 6.60. The average Bonchev–Trinajstić information content (AvgIpc) is 2.13. The molecule has 5 nitrogen and oxygen atoms in total. The smallest absolute Gasteiger partial charge is 0.309 e. The fourth-order valence-electron chi connectivity index (χ4n) is 0.626. The minimum Gasteiger partial charge on any atom is -0.481 e. The van der Waals surface area contributed by atoms with E-state index in [1.165, 1.54) is 17.2 Å². The number of imidazole rings is 1. The second-order valence-electron chi connectivity index (χ2n) is 1.88. The van der Waals surface area contributed by atoms with Crippen molar-refractivity contribution in [1.29, 1.82) is 0 Å². The van der Waals surface area contributed by atoms with Crippen LogP contribution in [0.1, 0.15) is 5.69 Å². The summed E-state index contributed by atoms with van der Waals surface area (Å²) in [6, 6.07) is 0. The molecule has 0 bridgehead atoms. The van der Waals surface area contributed by atoms with Crippen LogP contribution in [0.3, 0.4) is 0 Å². The normalized spacial score (nSPS) is 9.60. The Bertz CT molecular complexity index is 243. The molecule has 1 aromatic heterocycles. The molecule has 0 saturated heterocycles. The highest BCUT2D eigenvalue weighted by molar-refractivity contribution is 5.69. The number of nitrogens with zero attached hydrogens (tertiary/aromatic N) is 2. The van der Waals surface area contributed by atoms with Gasteiger partial charge < -0.3 is 10.9 Å². The molecular formula is C5H7N3O2. The van der Waals surface area contributed by atoms with Gasteiger partial charge in [-0.2, -0.15) is 0 Å². The number of carboxylic acid groups (broad SMARTS) is 1. The van der Waals surface area contributed by atoms with Gasteiger partial charge in [-0.25, -0.2) is 4.98 Å². The van der Waals surface area contributed by atoms with Crippen molar-refractivity contribution in [3.05, 3.63) is 18.2 Å². The lowest BCUT2D eigenvalue weighted by Gasteiger charge is -1.85. The zero-order valence-electron chi connectivity index (χ0n) is 5.19. The largest absolute Gasteiger partial charge is 0.481 e. The quantitative estimate of drug-likeness (QED) is 0.529. The molecule has 5 heteroatoms. The predicted octanol–water partition coefficient (Wildman–Crippen LogP) is -0.776. The Hall–Kier alpha value is -1.52. The van der Waals surface area contributed by atoms with Crippen LogP contribution in [0.15, 0.2) is 12.5 Å². The summed E-state index contributed by atoms with van der Waals surface area (Å²) in [6.07, 6.45) is 2.75. The monoisotopic (exact) mass is 141 g/mol. The van der Waals surface area contributed by atoms with E-state index in [-0.39, 0.29) is 6.42 Å². The Morgan fingerprint density at radius 2 is 2.60 bits per heavy atom. The van der Waals surface area contributed by atoms with Crippen LogP contribution in [0, 0.1) is 0 Å². The third kappa shape index (κ3) is 1.48. The fourth-order valence-corrected chi connectivity index (χ4v) is 0.626. The highest BCUT2D eigenvalue weighted by atomic mass is 16.4. The fraction of sp³-hybridized carbons (Fsp3) is 0.200. The van der Waals surface area contributed by atoms with Crippen molar-refractivity contribution in [2.45, 2.75) is 6.42 Å². The number of hydrogen-bond donors (Lipinski definition) is 2. The molecule has 54 valence electrons. The number of nitrogen functional groups attached to an aromatic ring is 1. The van der Waals surface area contributed by atoms with Crippen LogP contribution in [0.25, 0.3) is 0 Å². The molecule has 1 heterocycles. The Morgan fingerprint density at radius 3 is 3.00 bits per heavy atom. The predicted molar refractivity (Wildman–Crippen MR) is 33.7 cm³/mol. The van der Waals surface area contributed by atoms with Gasteiger partial charge in [0.25, 0.3) is 0 Å². The molecule has 0 aliphatic rings. The Labute approximate surface area is 57.1 Å². The third-order valence-corrected chi connectivity index (χ3v) is 0.987. The van der Waals surface area contributed by atoms with E-state index in [2.05, 4.69) is 4.98 Å². The summed E-state index contributed by atoms with van der Waals surface area (Å²) in [5.74, 6) is 4.31. The molecule has 0 radical (unpaired) electrons. The van der Waals surface area contributed by atoms with Crippen molar-refractivity contribution in [1.82, 2.24) is 9.66 Å². The SMILES string of the molecule is Nn1cnc(CC(=O)O)c1. The van der Waals surface area contributed by atoms with E-state index < -0.39 is 5.97 Å². The third-order valence-electron chi connectivity index (χ3n) is 0.987. The van der Waals surface area contributed by atoms with E-state index in [4.69, 9.17) is 10.9 Å². The van der Waals surface area contributed by atoms with Gasteiger partial charge in [0.05, 0.1) is 12.1 Å². The van der Waals surface area contributed by atoms with Crippen molar-refractivity contribution < 1.29 is 9.90 Å². The zero-order valence-corrected chi connectivity index (χ0v) is 5.19. The number of nitrogens with two attached hydrogens (primary N) is 1. The van der Waals surface area contributed by atoms with E-state index in [9.17, 15) is 4.79 Å². The summed E-state index contributed by atoms with van der Waals surface area (Å²) in [4.78, 5) is 13.8. The number of carboxylic acids is 1. The van der Waals surface area contributed by atoms with E-state index in [0.717, 1.165) is 0 Å². The minimum absolute atomic E-state index is 0.0792. The Balaban J connectivity index is 2.67. The summed E-state index contributed by atoms with van der Waals surface area (Å²) in [5, 5.41) is 8.29. The van der Waals surface area contributed by atoms with Gasteiger partial charge >= 0.3 is 5.97 Å². The zero-order chi connectivity index (χ0) is 7.56. The summed E-state index contributed by atoms with van der Waals surface area (Å²) in [7, 11) is 0. The van der Waals surface area contributed by atoms with Crippen LogP contribution in [0.2, 0.25) is 0 Å². The second-order valence-corrected chi connectivity index (χ2v) is 1.88. The van der Waals surface area contributed by atoms with Gasteiger partial charge in [0.1, 0.15) is 6.33 Å². The number of rotatable bonds is 2. The topological polar surface area (TPSA) is 81.1 Å². The Kier molecular flexibility index (Phi) is 1.57. The van der Waals surface area contributed by atoms with E-state index >= 15 is 0 Å². The van der Waals surface area contributed by atoms with Gasteiger partial charge in [0.15, 0.2) is 0 Å². The average molecular weight is 141 g/mol. The van der Waals surface area contributed by atoms with Crippen LogP contribution in [-0.2, 0) is 11.2 Å². The maximum Gasteiger partial charge on any atom is 0.309 e. The van der Waals surface area contributed by atoms with E-state index in [1.54, 1.807) is 0 Å². The highest BCUT2D eigenvalue weighted by Gasteiger charge is 2.01. The number of aromatic nitrogens is 2. The number of carbonyl (C=O) groups is 1. The summed E-state index contributed by atoms with van der Waals surface area (Å²) in [5.41, 5.74) is 0.468. The van der Waals surface area contributed by atoms with Gasteiger partial charge in [-0.1, -0.05) is 0 Å². The highest BCUT2D eigenvalue weighted by Crippen LogP contribution is 1.92. The van der Waals surface area contributed by atoms with Crippen molar-refractivity contribution in [3.8, 4) is 0 Å². The van der Waals surface area contributed by atoms with Gasteiger partial charge in [-0.3, -0.25) is 9.47 Å². The number of aliphatic carboxylic acids is 1. The second kappa shape index (κ2) is 2.38. The molecule has 10 heavy (non-hydrogen) atoms. The van der Waals surface area contributed by atoms with Gasteiger partial charge in [0.2, 0.25) is 0 Å². The summed E-state index contributed by atoms with van der Waals surface area (Å²) >= 11 is 0. The van der Waals surface area contributed by atoms with Crippen LogP contribution >= 0.6 is 0 Å². The van der Waals surface area contributed by atoms with Gasteiger partial charge in [-0.15, -0.1) is 0 Å². The first-order valence-electron chi connectivity index (χ1n) is 2.68. The minimum atomic E-state index is -0.904. The molecule has 0 unspecified atom stereocenters. The lowest BCUT2D eigenvalue weighted by molar-refractivity contribution is -0.136. The van der Waals surface area contributed by atoms with Crippen molar-refractivity contribution in [2.24, 2.45) is 0 Å². The Morgan fingerprint density at radius 1 is 1.90 bits per heavy atom. The molecule has 1 aromatic rings. The molecule has 0 fully saturated rings. The first-order valence-corrected chi connectivity index (χ1v) is 2.68. The van der Waals surface area contributed by atoms with Crippen molar-refractivity contribution in [3.63, 3.8) is 0 Å². The molecule has 3 N–H and O–H groups in total. The van der Waals surface area contributed by atoms with E-state index in [1.807, 2.05) is 0 Å². The maximum atomic E-state index is 10.1. The van der Waals surface area contributed by atoms with Gasteiger partial charge in [-0.05, 0) is 0 Å². The molecule has 0 spiro atoms. The lowest BCUT2D eigenvalue weighted by atomic mass is 10.3. The summed E-state index contributed by atoms with van der Waals surface area (Å²) < 4.78 is 1.22. The molecule has 0 aliphatic carbocycles. The molecule has 1 rings (SSSR count). The molecule has 0 atom stereocenters.